The van der Waals surface area contributed by atoms with E-state index in [2.05, 4.69) is 70.6 Å². The Labute approximate surface area is 195 Å². The van der Waals surface area contributed by atoms with Crippen LogP contribution < -0.4 is 10.2 Å². The molecule has 1 fully saturated rings. The second-order valence-corrected chi connectivity index (χ2v) is 8.92. The Morgan fingerprint density at radius 2 is 1.73 bits per heavy atom. The van der Waals surface area contributed by atoms with Gasteiger partial charge in [0.25, 0.3) is 0 Å². The molecule has 168 valence electrons. The Morgan fingerprint density at radius 1 is 0.939 bits per heavy atom. The lowest BCUT2D eigenvalue weighted by atomic mass is 10.1. The highest BCUT2D eigenvalue weighted by Gasteiger charge is 2.28. The van der Waals surface area contributed by atoms with Crippen molar-refractivity contribution in [3.8, 4) is 0 Å². The molecule has 5 rings (SSSR count). The van der Waals surface area contributed by atoms with Gasteiger partial charge in [-0.1, -0.05) is 30.3 Å². The lowest BCUT2D eigenvalue weighted by Crippen LogP contribution is -2.25. The number of nitrogens with zero attached hydrogens (tertiary/aromatic N) is 5. The summed E-state index contributed by atoms with van der Waals surface area (Å²) in [7, 11) is 4.14. The Morgan fingerprint density at radius 3 is 2.55 bits per heavy atom. The number of pyridine rings is 3. The smallest absolute Gasteiger partial charge is 0.133 e. The van der Waals surface area contributed by atoms with Crippen LogP contribution in [-0.2, 0) is 6.54 Å². The highest BCUT2D eigenvalue weighted by molar-refractivity contribution is 5.81. The molecule has 0 spiro atoms. The van der Waals surface area contributed by atoms with E-state index in [1.165, 1.54) is 17.4 Å². The number of rotatable bonds is 6. The summed E-state index contributed by atoms with van der Waals surface area (Å²) in [5, 5.41) is 4.54. The first kappa shape index (κ1) is 21.3. The van der Waals surface area contributed by atoms with Crippen LogP contribution in [0.2, 0.25) is 0 Å². The molecule has 6 heteroatoms. The van der Waals surface area contributed by atoms with Crippen LogP contribution >= 0.6 is 0 Å². The number of nitrogens with one attached hydrogen (secondary N) is 1. The van der Waals surface area contributed by atoms with E-state index in [1.807, 2.05) is 37.3 Å². The number of likely N-dealkylation sites (tertiary alicyclic amines) is 1. The van der Waals surface area contributed by atoms with Gasteiger partial charge < -0.3 is 10.2 Å². The van der Waals surface area contributed by atoms with Gasteiger partial charge in [-0.05, 0) is 62.7 Å². The van der Waals surface area contributed by atoms with Crippen molar-refractivity contribution in [1.29, 1.82) is 0 Å². The number of aromatic nitrogens is 3. The molecule has 3 aromatic heterocycles. The normalized spacial score (nSPS) is 16.3. The van der Waals surface area contributed by atoms with E-state index >= 15 is 0 Å². The maximum Gasteiger partial charge on any atom is 0.133 e. The van der Waals surface area contributed by atoms with Gasteiger partial charge in [-0.25, -0.2) is 15.0 Å². The zero-order chi connectivity index (χ0) is 22.8. The van der Waals surface area contributed by atoms with Gasteiger partial charge >= 0.3 is 0 Å². The minimum absolute atomic E-state index is 0.290. The van der Waals surface area contributed by atoms with Gasteiger partial charge in [0, 0.05) is 37.3 Å². The Hall–Kier alpha value is -3.51. The number of para-hydroxylation sites is 1. The monoisotopic (exact) mass is 438 g/mol. The highest BCUT2D eigenvalue weighted by atomic mass is 15.2. The SMILES string of the molecule is Cc1cccc(Nc2cccc([C@@H]3CCCN3Cc3cc4ccccc4nc3N(C)C)n2)n1. The summed E-state index contributed by atoms with van der Waals surface area (Å²) in [4.78, 5) is 19.1. The van der Waals surface area contributed by atoms with Crippen molar-refractivity contribution in [3.63, 3.8) is 0 Å². The van der Waals surface area contributed by atoms with Crippen LogP contribution in [-0.4, -0.2) is 40.5 Å². The first-order valence-corrected chi connectivity index (χ1v) is 11.5. The molecule has 4 heterocycles. The van der Waals surface area contributed by atoms with Crippen LogP contribution in [0.1, 0.15) is 35.8 Å². The van der Waals surface area contributed by atoms with Crippen LogP contribution in [0.15, 0.2) is 66.7 Å². The first-order valence-electron chi connectivity index (χ1n) is 11.5. The van der Waals surface area contributed by atoms with Gasteiger partial charge in [0.15, 0.2) is 0 Å². The van der Waals surface area contributed by atoms with Gasteiger partial charge in [-0.3, -0.25) is 4.90 Å². The average molecular weight is 439 g/mol. The van der Waals surface area contributed by atoms with Crippen LogP contribution in [0.3, 0.4) is 0 Å². The molecule has 0 saturated carbocycles. The molecule has 0 radical (unpaired) electrons. The number of benzene rings is 1. The number of aryl methyl sites for hydroxylation is 1. The minimum atomic E-state index is 0.290. The number of hydrogen-bond acceptors (Lipinski definition) is 6. The molecular weight excluding hydrogens is 408 g/mol. The van der Waals surface area contributed by atoms with Crippen molar-refractivity contribution in [2.45, 2.75) is 32.4 Å². The topological polar surface area (TPSA) is 57.2 Å². The van der Waals surface area contributed by atoms with E-state index in [0.29, 0.717) is 6.04 Å². The highest BCUT2D eigenvalue weighted by Crippen LogP contribution is 2.34. The third-order valence-electron chi connectivity index (χ3n) is 6.20. The zero-order valence-corrected chi connectivity index (χ0v) is 19.5. The maximum absolute atomic E-state index is 4.96. The van der Waals surface area contributed by atoms with E-state index in [9.17, 15) is 0 Å². The molecule has 6 nitrogen and oxygen atoms in total. The first-order chi connectivity index (χ1) is 16.1. The van der Waals surface area contributed by atoms with E-state index in [-0.39, 0.29) is 0 Å². The van der Waals surface area contributed by atoms with Gasteiger partial charge in [-0.15, -0.1) is 0 Å². The molecule has 1 N–H and O–H groups in total. The second-order valence-electron chi connectivity index (χ2n) is 8.92. The van der Waals surface area contributed by atoms with Gasteiger partial charge in [0.05, 0.1) is 17.3 Å². The Balaban J connectivity index is 1.41. The molecule has 4 aromatic rings. The molecule has 0 aliphatic carbocycles. The van der Waals surface area contributed by atoms with Gasteiger partial charge in [0.1, 0.15) is 17.5 Å². The van der Waals surface area contributed by atoms with Crippen molar-refractivity contribution < 1.29 is 0 Å². The maximum atomic E-state index is 4.96. The number of hydrogen-bond donors (Lipinski definition) is 1. The fraction of sp³-hybridized carbons (Fsp3) is 0.296. The van der Waals surface area contributed by atoms with E-state index in [0.717, 1.165) is 53.9 Å². The van der Waals surface area contributed by atoms with Crippen LogP contribution in [0.5, 0.6) is 0 Å². The molecule has 0 bridgehead atoms. The van der Waals surface area contributed by atoms with Crippen molar-refractivity contribution in [2.75, 3.05) is 30.9 Å². The van der Waals surface area contributed by atoms with Crippen LogP contribution in [0.25, 0.3) is 10.9 Å². The molecule has 1 atom stereocenters. The summed E-state index contributed by atoms with van der Waals surface area (Å²) in [6.45, 7) is 3.91. The Bertz CT molecular complexity index is 1270. The predicted molar refractivity (Wildman–Crippen MR) is 135 cm³/mol. The standard InChI is InChI=1S/C27H30N6/c1-19-9-6-14-25(28-19)31-26-15-7-12-23(29-26)24-13-8-16-33(24)18-21-17-20-10-4-5-11-22(20)30-27(21)32(2)3/h4-7,9-12,14-15,17,24H,8,13,16,18H2,1-3H3,(H,28,29,31)/t24-/m0/s1. The van der Waals surface area contributed by atoms with Crippen molar-refractivity contribution in [3.05, 3.63) is 83.7 Å². The van der Waals surface area contributed by atoms with Gasteiger partial charge in [-0.2, -0.15) is 0 Å². The summed E-state index contributed by atoms with van der Waals surface area (Å²) in [5.41, 5.74) is 4.38. The zero-order valence-electron chi connectivity index (χ0n) is 19.5. The lowest BCUT2D eigenvalue weighted by Gasteiger charge is -2.26. The second kappa shape index (κ2) is 9.16. The molecule has 1 saturated heterocycles. The predicted octanol–water partition coefficient (Wildman–Crippen LogP) is 5.48. The molecule has 1 aliphatic heterocycles. The molecule has 1 aliphatic rings. The van der Waals surface area contributed by atoms with Crippen molar-refractivity contribution >= 4 is 28.4 Å². The average Bonchev–Trinajstić information content (AvgIpc) is 3.27. The van der Waals surface area contributed by atoms with Crippen LogP contribution in [0.4, 0.5) is 17.5 Å². The summed E-state index contributed by atoms with van der Waals surface area (Å²) in [6, 6.07) is 23.1. The summed E-state index contributed by atoms with van der Waals surface area (Å²) < 4.78 is 0. The molecule has 0 unspecified atom stereocenters. The summed E-state index contributed by atoms with van der Waals surface area (Å²) in [6.07, 6.45) is 2.28. The summed E-state index contributed by atoms with van der Waals surface area (Å²) in [5.74, 6) is 2.69. The number of anilines is 3. The third kappa shape index (κ3) is 4.66. The van der Waals surface area contributed by atoms with E-state index < -0.39 is 0 Å². The number of fused-ring (bicyclic) bond motifs is 1. The fourth-order valence-corrected chi connectivity index (χ4v) is 4.67. The molecule has 33 heavy (non-hydrogen) atoms. The van der Waals surface area contributed by atoms with E-state index in [1.54, 1.807) is 0 Å². The largest absolute Gasteiger partial charge is 0.362 e. The lowest BCUT2D eigenvalue weighted by molar-refractivity contribution is 0.244. The van der Waals surface area contributed by atoms with Crippen LogP contribution in [0, 0.1) is 6.92 Å². The quantitative estimate of drug-likeness (QED) is 0.430. The van der Waals surface area contributed by atoms with E-state index in [4.69, 9.17) is 9.97 Å². The minimum Gasteiger partial charge on any atom is -0.362 e. The van der Waals surface area contributed by atoms with Gasteiger partial charge in [0.2, 0.25) is 0 Å². The molecule has 1 aromatic carbocycles. The molecular formula is C27H30N6. The summed E-state index contributed by atoms with van der Waals surface area (Å²) >= 11 is 0. The fourth-order valence-electron chi connectivity index (χ4n) is 4.67. The van der Waals surface area contributed by atoms with Crippen molar-refractivity contribution in [2.24, 2.45) is 0 Å². The van der Waals surface area contributed by atoms with Crippen molar-refractivity contribution in [1.82, 2.24) is 19.9 Å². The Kier molecular flexibility index (Phi) is 5.92. The third-order valence-corrected chi connectivity index (χ3v) is 6.20. The molecule has 0 amide bonds.